The molecule has 0 radical (unpaired) electrons. The highest BCUT2D eigenvalue weighted by molar-refractivity contribution is 7.09. The van der Waals surface area contributed by atoms with Crippen molar-refractivity contribution in [3.63, 3.8) is 0 Å². The maximum atomic E-state index is 3.85. The molecule has 2 rings (SSSR count). The lowest BCUT2D eigenvalue weighted by Gasteiger charge is -1.99. The first-order chi connectivity index (χ1) is 6.90. The zero-order chi connectivity index (χ0) is 9.80. The summed E-state index contributed by atoms with van der Waals surface area (Å²) < 4.78 is 3.85. The van der Waals surface area contributed by atoms with Gasteiger partial charge in [-0.2, -0.15) is 0 Å². The van der Waals surface area contributed by atoms with Gasteiger partial charge in [0, 0.05) is 0 Å². The molecule has 0 bridgehead atoms. The summed E-state index contributed by atoms with van der Waals surface area (Å²) in [4.78, 5) is 1.13. The van der Waals surface area contributed by atoms with E-state index < -0.39 is 0 Å². The van der Waals surface area contributed by atoms with Gasteiger partial charge in [0.15, 0.2) is 0 Å². The molecule has 1 aromatic carbocycles. The van der Waals surface area contributed by atoms with Crippen LogP contribution in [0.25, 0.3) is 10.4 Å². The molecule has 2 nitrogen and oxygen atoms in total. The SMILES string of the molecule is CCCc1ccc(-c2cnns2)cc1. The van der Waals surface area contributed by atoms with Crippen molar-refractivity contribution in [3.05, 3.63) is 36.0 Å². The Morgan fingerprint density at radius 3 is 2.57 bits per heavy atom. The van der Waals surface area contributed by atoms with Gasteiger partial charge in [0.1, 0.15) is 0 Å². The summed E-state index contributed by atoms with van der Waals surface area (Å²) in [5.74, 6) is 0. The van der Waals surface area contributed by atoms with Crippen LogP contribution in [0, 0.1) is 0 Å². The van der Waals surface area contributed by atoms with E-state index in [4.69, 9.17) is 0 Å². The number of hydrogen-bond donors (Lipinski definition) is 0. The van der Waals surface area contributed by atoms with Gasteiger partial charge in [-0.05, 0) is 29.1 Å². The topological polar surface area (TPSA) is 25.8 Å². The lowest BCUT2D eigenvalue weighted by atomic mass is 10.1. The molecule has 0 aliphatic carbocycles. The van der Waals surface area contributed by atoms with Crippen molar-refractivity contribution in [3.8, 4) is 10.4 Å². The second-order valence-electron chi connectivity index (χ2n) is 3.23. The van der Waals surface area contributed by atoms with E-state index in [9.17, 15) is 0 Å². The van der Waals surface area contributed by atoms with E-state index in [2.05, 4.69) is 40.8 Å². The largest absolute Gasteiger partial charge is 0.146 e. The van der Waals surface area contributed by atoms with Crippen molar-refractivity contribution >= 4 is 11.5 Å². The van der Waals surface area contributed by atoms with E-state index in [0.717, 1.165) is 11.3 Å². The second kappa shape index (κ2) is 4.33. The monoisotopic (exact) mass is 204 g/mol. The first-order valence-corrected chi connectivity index (χ1v) is 5.54. The Balaban J connectivity index is 2.22. The van der Waals surface area contributed by atoms with E-state index in [1.165, 1.54) is 29.1 Å². The summed E-state index contributed by atoms with van der Waals surface area (Å²) in [7, 11) is 0. The highest BCUT2D eigenvalue weighted by Gasteiger charge is 1.99. The molecule has 3 heteroatoms. The van der Waals surface area contributed by atoms with Gasteiger partial charge >= 0.3 is 0 Å². The molecular weight excluding hydrogens is 192 g/mol. The third-order valence-electron chi connectivity index (χ3n) is 2.14. The maximum absolute atomic E-state index is 3.85. The van der Waals surface area contributed by atoms with Crippen LogP contribution in [0.2, 0.25) is 0 Å². The smallest absolute Gasteiger partial charge is 0.0753 e. The highest BCUT2D eigenvalue weighted by Crippen LogP contribution is 2.21. The van der Waals surface area contributed by atoms with Gasteiger partial charge in [0.2, 0.25) is 0 Å². The van der Waals surface area contributed by atoms with Crippen molar-refractivity contribution in [2.45, 2.75) is 19.8 Å². The predicted molar refractivity (Wildman–Crippen MR) is 59.3 cm³/mol. The number of aryl methyl sites for hydroxylation is 1. The fourth-order valence-corrected chi connectivity index (χ4v) is 1.94. The van der Waals surface area contributed by atoms with E-state index in [1.54, 1.807) is 6.20 Å². The lowest BCUT2D eigenvalue weighted by molar-refractivity contribution is 0.922. The van der Waals surface area contributed by atoms with Crippen LogP contribution in [0.5, 0.6) is 0 Å². The summed E-state index contributed by atoms with van der Waals surface area (Å²) in [6.45, 7) is 2.20. The Hall–Kier alpha value is -1.22. The summed E-state index contributed by atoms with van der Waals surface area (Å²) in [5.41, 5.74) is 2.61. The Morgan fingerprint density at radius 1 is 1.21 bits per heavy atom. The molecule has 0 N–H and O–H groups in total. The minimum Gasteiger partial charge on any atom is -0.146 e. The lowest BCUT2D eigenvalue weighted by Crippen LogP contribution is -1.82. The van der Waals surface area contributed by atoms with E-state index >= 15 is 0 Å². The molecule has 14 heavy (non-hydrogen) atoms. The molecule has 2 aromatic rings. The van der Waals surface area contributed by atoms with Crippen LogP contribution in [0.15, 0.2) is 30.5 Å². The standard InChI is InChI=1S/C11H12N2S/c1-2-3-9-4-6-10(7-5-9)11-8-12-13-14-11/h4-8H,2-3H2,1H3. The Bertz CT molecular complexity index is 378. The number of benzene rings is 1. The first kappa shape index (κ1) is 9.34. The second-order valence-corrected chi connectivity index (χ2v) is 4.01. The van der Waals surface area contributed by atoms with Crippen LogP contribution >= 0.6 is 11.5 Å². The molecule has 0 spiro atoms. The van der Waals surface area contributed by atoms with Crippen molar-refractivity contribution in [1.82, 2.24) is 9.59 Å². The summed E-state index contributed by atoms with van der Waals surface area (Å²) in [6.07, 6.45) is 4.15. The molecule has 0 aliphatic rings. The minimum absolute atomic E-state index is 1.13. The van der Waals surface area contributed by atoms with Crippen molar-refractivity contribution < 1.29 is 0 Å². The van der Waals surface area contributed by atoms with Crippen LogP contribution in [0.3, 0.4) is 0 Å². The van der Waals surface area contributed by atoms with Gasteiger partial charge in [0.05, 0.1) is 11.1 Å². The first-order valence-electron chi connectivity index (χ1n) is 4.77. The third kappa shape index (κ3) is 1.99. The number of hydrogen-bond acceptors (Lipinski definition) is 3. The van der Waals surface area contributed by atoms with Crippen LogP contribution in [-0.2, 0) is 6.42 Å². The molecule has 1 aromatic heterocycles. The Kier molecular flexibility index (Phi) is 2.89. The van der Waals surface area contributed by atoms with Crippen LogP contribution in [0.4, 0.5) is 0 Å². The fourth-order valence-electron chi connectivity index (χ4n) is 1.42. The number of rotatable bonds is 3. The minimum atomic E-state index is 1.13. The van der Waals surface area contributed by atoms with Crippen molar-refractivity contribution in [2.75, 3.05) is 0 Å². The van der Waals surface area contributed by atoms with Gasteiger partial charge < -0.3 is 0 Å². The quantitative estimate of drug-likeness (QED) is 0.767. The highest BCUT2D eigenvalue weighted by atomic mass is 32.1. The van der Waals surface area contributed by atoms with Gasteiger partial charge in [0.25, 0.3) is 0 Å². The number of nitrogens with zero attached hydrogens (tertiary/aromatic N) is 2. The molecule has 0 unspecified atom stereocenters. The normalized spacial score (nSPS) is 10.4. The van der Waals surface area contributed by atoms with Gasteiger partial charge in [-0.3, -0.25) is 0 Å². The average molecular weight is 204 g/mol. The Morgan fingerprint density at radius 2 is 2.00 bits per heavy atom. The predicted octanol–water partition coefficient (Wildman–Crippen LogP) is 3.16. The number of aromatic nitrogens is 2. The van der Waals surface area contributed by atoms with Crippen molar-refractivity contribution in [1.29, 1.82) is 0 Å². The molecular formula is C11H12N2S. The zero-order valence-corrected chi connectivity index (χ0v) is 8.92. The van der Waals surface area contributed by atoms with Gasteiger partial charge in [-0.15, -0.1) is 5.10 Å². The average Bonchev–Trinajstić information content (AvgIpc) is 2.72. The van der Waals surface area contributed by atoms with Crippen LogP contribution < -0.4 is 0 Å². The zero-order valence-electron chi connectivity index (χ0n) is 8.10. The third-order valence-corrected chi connectivity index (χ3v) is 2.85. The maximum Gasteiger partial charge on any atom is 0.0753 e. The molecule has 1 heterocycles. The molecule has 0 saturated carbocycles. The summed E-state index contributed by atoms with van der Waals surface area (Å²) in [6, 6.07) is 8.64. The summed E-state index contributed by atoms with van der Waals surface area (Å²) in [5, 5.41) is 3.83. The van der Waals surface area contributed by atoms with Crippen LogP contribution in [0.1, 0.15) is 18.9 Å². The van der Waals surface area contributed by atoms with Crippen LogP contribution in [-0.4, -0.2) is 9.59 Å². The van der Waals surface area contributed by atoms with Crippen molar-refractivity contribution in [2.24, 2.45) is 0 Å². The molecule has 0 aliphatic heterocycles. The molecule has 0 fully saturated rings. The van der Waals surface area contributed by atoms with Gasteiger partial charge in [-0.25, -0.2) is 0 Å². The van der Waals surface area contributed by atoms with E-state index in [0.29, 0.717) is 0 Å². The molecule has 0 atom stereocenters. The van der Waals surface area contributed by atoms with E-state index in [-0.39, 0.29) is 0 Å². The molecule has 0 saturated heterocycles. The molecule has 0 amide bonds. The Labute approximate surface area is 87.8 Å². The fraction of sp³-hybridized carbons (Fsp3) is 0.273. The summed E-state index contributed by atoms with van der Waals surface area (Å²) >= 11 is 1.43. The van der Waals surface area contributed by atoms with Gasteiger partial charge in [-0.1, -0.05) is 42.1 Å². The molecule has 72 valence electrons. The van der Waals surface area contributed by atoms with E-state index in [1.807, 2.05) is 0 Å².